The maximum atomic E-state index is 12.5. The maximum Gasteiger partial charge on any atom is 0.320 e. The Hall–Kier alpha value is -2.09. The number of amides is 2. The van der Waals surface area contributed by atoms with Gasteiger partial charge in [-0.3, -0.25) is 0 Å². The third kappa shape index (κ3) is 4.01. The molecule has 2 amide bonds. The summed E-state index contributed by atoms with van der Waals surface area (Å²) in [6.07, 6.45) is 1.77. The van der Waals surface area contributed by atoms with Gasteiger partial charge in [0.05, 0.1) is 26.9 Å². The molecule has 0 aliphatic carbocycles. The SMILES string of the molecule is COc1ccc(OC2CCCN(C(=O)N3CCOCC3)C2)nn1. The van der Waals surface area contributed by atoms with Crippen molar-refractivity contribution >= 4 is 6.03 Å². The summed E-state index contributed by atoms with van der Waals surface area (Å²) in [6.45, 7) is 3.88. The van der Waals surface area contributed by atoms with Gasteiger partial charge in [-0.2, -0.15) is 0 Å². The highest BCUT2D eigenvalue weighted by atomic mass is 16.5. The van der Waals surface area contributed by atoms with Gasteiger partial charge < -0.3 is 24.0 Å². The fraction of sp³-hybridized carbons (Fsp3) is 0.667. The summed E-state index contributed by atoms with van der Waals surface area (Å²) in [7, 11) is 1.54. The second-order valence-electron chi connectivity index (χ2n) is 5.62. The molecular formula is C15H22N4O4. The molecule has 0 N–H and O–H groups in total. The van der Waals surface area contributed by atoms with Gasteiger partial charge in [0.2, 0.25) is 11.8 Å². The fourth-order valence-electron chi connectivity index (χ4n) is 2.81. The molecule has 0 bridgehead atoms. The van der Waals surface area contributed by atoms with E-state index in [2.05, 4.69) is 10.2 Å². The van der Waals surface area contributed by atoms with Crippen molar-refractivity contribution in [3.05, 3.63) is 12.1 Å². The van der Waals surface area contributed by atoms with Crippen LogP contribution in [0.3, 0.4) is 0 Å². The quantitative estimate of drug-likeness (QED) is 0.818. The minimum Gasteiger partial charge on any atom is -0.480 e. The van der Waals surface area contributed by atoms with E-state index >= 15 is 0 Å². The summed E-state index contributed by atoms with van der Waals surface area (Å²) in [5, 5.41) is 7.87. The monoisotopic (exact) mass is 322 g/mol. The number of morpholine rings is 1. The Kier molecular flexibility index (Phi) is 5.12. The van der Waals surface area contributed by atoms with E-state index < -0.39 is 0 Å². The van der Waals surface area contributed by atoms with Crippen molar-refractivity contribution in [3.8, 4) is 11.8 Å². The smallest absolute Gasteiger partial charge is 0.320 e. The lowest BCUT2D eigenvalue weighted by Crippen LogP contribution is -2.52. The van der Waals surface area contributed by atoms with Crippen LogP contribution in [0.5, 0.6) is 11.8 Å². The molecule has 1 aromatic heterocycles. The standard InChI is InChI=1S/C15H22N4O4/c1-21-13-4-5-14(17-16-13)23-12-3-2-6-19(11-12)15(20)18-7-9-22-10-8-18/h4-5,12H,2-3,6-11H2,1H3. The number of likely N-dealkylation sites (tertiary alicyclic amines) is 1. The van der Waals surface area contributed by atoms with E-state index in [1.54, 1.807) is 19.2 Å². The lowest BCUT2D eigenvalue weighted by atomic mass is 10.1. The Bertz CT molecular complexity index is 519. The second-order valence-corrected chi connectivity index (χ2v) is 5.62. The lowest BCUT2D eigenvalue weighted by Gasteiger charge is -2.37. The number of aromatic nitrogens is 2. The lowest BCUT2D eigenvalue weighted by molar-refractivity contribution is 0.0324. The minimum atomic E-state index is -0.0589. The maximum absolute atomic E-state index is 12.5. The van der Waals surface area contributed by atoms with Gasteiger partial charge in [0.1, 0.15) is 6.10 Å². The van der Waals surface area contributed by atoms with Gasteiger partial charge in [-0.15, -0.1) is 10.2 Å². The number of hydrogen-bond acceptors (Lipinski definition) is 6. The third-order valence-electron chi connectivity index (χ3n) is 4.04. The van der Waals surface area contributed by atoms with Crippen LogP contribution in [0.25, 0.3) is 0 Å². The Morgan fingerprint density at radius 2 is 1.91 bits per heavy atom. The van der Waals surface area contributed by atoms with E-state index in [4.69, 9.17) is 14.2 Å². The minimum absolute atomic E-state index is 0.0589. The molecular weight excluding hydrogens is 300 g/mol. The zero-order chi connectivity index (χ0) is 16.1. The van der Waals surface area contributed by atoms with Crippen LogP contribution in [0.15, 0.2) is 12.1 Å². The third-order valence-corrected chi connectivity index (χ3v) is 4.04. The van der Waals surface area contributed by atoms with E-state index in [1.165, 1.54) is 0 Å². The van der Waals surface area contributed by atoms with Crippen molar-refractivity contribution in [1.82, 2.24) is 20.0 Å². The average molecular weight is 322 g/mol. The van der Waals surface area contributed by atoms with Gasteiger partial charge in [0, 0.05) is 31.8 Å². The molecule has 2 saturated heterocycles. The first-order valence-electron chi connectivity index (χ1n) is 7.92. The molecule has 8 nitrogen and oxygen atoms in total. The topological polar surface area (TPSA) is 77.0 Å². The molecule has 2 aliphatic rings. The van der Waals surface area contributed by atoms with Crippen molar-refractivity contribution < 1.29 is 19.0 Å². The number of hydrogen-bond donors (Lipinski definition) is 0. The van der Waals surface area contributed by atoms with Crippen molar-refractivity contribution in [2.45, 2.75) is 18.9 Å². The van der Waals surface area contributed by atoms with Gasteiger partial charge >= 0.3 is 6.03 Å². The van der Waals surface area contributed by atoms with Crippen LogP contribution in [0.1, 0.15) is 12.8 Å². The van der Waals surface area contributed by atoms with Crippen LogP contribution < -0.4 is 9.47 Å². The Morgan fingerprint density at radius 1 is 1.17 bits per heavy atom. The van der Waals surface area contributed by atoms with Gasteiger partial charge in [-0.05, 0) is 12.8 Å². The predicted molar refractivity (Wildman–Crippen MR) is 81.6 cm³/mol. The van der Waals surface area contributed by atoms with Crippen LogP contribution in [0.2, 0.25) is 0 Å². The van der Waals surface area contributed by atoms with Gasteiger partial charge in [-0.1, -0.05) is 0 Å². The molecule has 3 heterocycles. The Morgan fingerprint density at radius 3 is 2.61 bits per heavy atom. The predicted octanol–water partition coefficient (Wildman–Crippen LogP) is 0.781. The van der Waals surface area contributed by atoms with E-state index in [9.17, 15) is 4.79 Å². The number of piperidine rings is 1. The molecule has 0 aromatic carbocycles. The summed E-state index contributed by atoms with van der Waals surface area (Å²) in [6, 6.07) is 3.51. The summed E-state index contributed by atoms with van der Waals surface area (Å²) in [5.74, 6) is 0.904. The van der Waals surface area contributed by atoms with Crippen LogP contribution in [0, 0.1) is 0 Å². The average Bonchev–Trinajstić information content (AvgIpc) is 2.63. The highest BCUT2D eigenvalue weighted by Gasteiger charge is 2.29. The number of rotatable bonds is 3. The molecule has 1 aromatic rings. The molecule has 0 radical (unpaired) electrons. The van der Waals surface area contributed by atoms with Crippen LogP contribution in [-0.2, 0) is 4.74 Å². The molecule has 0 saturated carbocycles. The zero-order valence-electron chi connectivity index (χ0n) is 13.3. The summed E-state index contributed by atoms with van der Waals surface area (Å²) in [4.78, 5) is 16.2. The van der Waals surface area contributed by atoms with Gasteiger partial charge in [0.25, 0.3) is 0 Å². The molecule has 1 unspecified atom stereocenters. The van der Waals surface area contributed by atoms with Gasteiger partial charge in [0.15, 0.2) is 0 Å². The first-order chi connectivity index (χ1) is 11.3. The molecule has 1 atom stereocenters. The van der Waals surface area contributed by atoms with Gasteiger partial charge in [-0.25, -0.2) is 4.79 Å². The number of carbonyl (C=O) groups is 1. The molecule has 8 heteroatoms. The Balaban J connectivity index is 1.55. The first kappa shape index (κ1) is 15.8. The fourth-order valence-corrected chi connectivity index (χ4v) is 2.81. The second kappa shape index (κ2) is 7.45. The highest BCUT2D eigenvalue weighted by molar-refractivity contribution is 5.74. The van der Waals surface area contributed by atoms with Crippen molar-refractivity contribution in [2.24, 2.45) is 0 Å². The zero-order valence-corrected chi connectivity index (χ0v) is 13.3. The van der Waals surface area contributed by atoms with Crippen LogP contribution >= 0.6 is 0 Å². The molecule has 126 valence electrons. The van der Waals surface area contributed by atoms with Crippen LogP contribution in [-0.4, -0.2) is 78.6 Å². The normalized spacial score (nSPS) is 21.9. The van der Waals surface area contributed by atoms with Crippen molar-refractivity contribution in [3.63, 3.8) is 0 Å². The molecule has 3 rings (SSSR count). The number of nitrogens with zero attached hydrogens (tertiary/aromatic N) is 4. The number of carbonyl (C=O) groups excluding carboxylic acids is 1. The number of methoxy groups -OCH3 is 1. The first-order valence-corrected chi connectivity index (χ1v) is 7.92. The number of urea groups is 1. The molecule has 0 spiro atoms. The van der Waals surface area contributed by atoms with Crippen molar-refractivity contribution in [1.29, 1.82) is 0 Å². The van der Waals surface area contributed by atoms with Crippen molar-refractivity contribution in [2.75, 3.05) is 46.5 Å². The van der Waals surface area contributed by atoms with E-state index in [-0.39, 0.29) is 12.1 Å². The summed E-state index contributed by atoms with van der Waals surface area (Å²) < 4.78 is 16.1. The van der Waals surface area contributed by atoms with E-state index in [1.807, 2.05) is 9.80 Å². The van der Waals surface area contributed by atoms with E-state index in [0.29, 0.717) is 44.6 Å². The summed E-state index contributed by atoms with van der Waals surface area (Å²) >= 11 is 0. The van der Waals surface area contributed by atoms with E-state index in [0.717, 1.165) is 19.4 Å². The molecule has 23 heavy (non-hydrogen) atoms. The molecule has 2 aliphatic heterocycles. The molecule has 2 fully saturated rings. The highest BCUT2D eigenvalue weighted by Crippen LogP contribution is 2.18. The largest absolute Gasteiger partial charge is 0.480 e. The Labute approximate surface area is 135 Å². The summed E-state index contributed by atoms with van der Waals surface area (Å²) in [5.41, 5.74) is 0. The van der Waals surface area contributed by atoms with Crippen LogP contribution in [0.4, 0.5) is 4.79 Å². The number of ether oxygens (including phenoxy) is 3.